The van der Waals surface area contributed by atoms with Crippen molar-refractivity contribution in [3.8, 4) is 0 Å². The second-order valence-electron chi connectivity index (χ2n) is 1.26. The molecule has 9 heavy (non-hydrogen) atoms. The van der Waals surface area contributed by atoms with Crippen molar-refractivity contribution in [1.29, 1.82) is 0 Å². The van der Waals surface area contributed by atoms with Crippen LogP contribution in [0.5, 0.6) is 0 Å². The van der Waals surface area contributed by atoms with Crippen LogP contribution in [0.25, 0.3) is 0 Å². The van der Waals surface area contributed by atoms with Crippen molar-refractivity contribution in [2.45, 2.75) is 6.92 Å². The Morgan fingerprint density at radius 2 is 2.44 bits per heavy atom. The van der Waals surface area contributed by atoms with Gasteiger partial charge < -0.3 is 9.84 Å². The van der Waals surface area contributed by atoms with Crippen molar-refractivity contribution in [3.05, 3.63) is 11.8 Å². The van der Waals surface area contributed by atoms with E-state index < -0.39 is 6.16 Å². The van der Waals surface area contributed by atoms with E-state index in [1.165, 1.54) is 6.08 Å². The molecule has 0 aromatic carbocycles. The summed E-state index contributed by atoms with van der Waals surface area (Å²) in [7, 11) is 0. The Morgan fingerprint density at radius 1 is 1.89 bits per heavy atom. The number of allylic oxidation sites excluding steroid dienone is 2. The third kappa shape index (κ3) is 3.85. The first-order valence-electron chi connectivity index (χ1n) is 2.32. The van der Waals surface area contributed by atoms with Gasteiger partial charge in [-0.15, -0.1) is 11.6 Å². The number of ether oxygens (including phenoxy) is 1. The fourth-order valence-corrected chi connectivity index (χ4v) is 0.484. The summed E-state index contributed by atoms with van der Waals surface area (Å²) in [4.78, 5) is 9.81. The normalized spacial score (nSPS) is 11.1. The van der Waals surface area contributed by atoms with Crippen LogP contribution >= 0.6 is 11.6 Å². The third-order valence-corrected chi connectivity index (χ3v) is 0.935. The van der Waals surface area contributed by atoms with E-state index in [2.05, 4.69) is 4.74 Å². The van der Waals surface area contributed by atoms with Crippen LogP contribution in [0.1, 0.15) is 6.92 Å². The van der Waals surface area contributed by atoms with E-state index in [0.717, 1.165) is 0 Å². The molecular formula is C5H7ClO3. The smallest absolute Gasteiger partial charge is 0.449 e. The first-order chi connectivity index (χ1) is 4.20. The van der Waals surface area contributed by atoms with Gasteiger partial charge in [-0.1, -0.05) is 0 Å². The predicted molar refractivity (Wildman–Crippen MR) is 33.6 cm³/mol. The van der Waals surface area contributed by atoms with Crippen LogP contribution < -0.4 is 0 Å². The maximum atomic E-state index is 9.81. The SMILES string of the molecule is CC=C(CCl)OC(=O)O. The van der Waals surface area contributed by atoms with Crippen LogP contribution in [0.4, 0.5) is 4.79 Å². The number of halogens is 1. The second-order valence-corrected chi connectivity index (χ2v) is 1.52. The highest BCUT2D eigenvalue weighted by atomic mass is 35.5. The molecule has 0 fully saturated rings. The average molecular weight is 151 g/mol. The number of rotatable bonds is 2. The monoisotopic (exact) mass is 150 g/mol. The van der Waals surface area contributed by atoms with E-state index in [4.69, 9.17) is 16.7 Å². The van der Waals surface area contributed by atoms with Crippen LogP contribution in [0.15, 0.2) is 11.8 Å². The summed E-state index contributed by atoms with van der Waals surface area (Å²) in [5.74, 6) is 0.340. The molecule has 1 N–H and O–H groups in total. The summed E-state index contributed by atoms with van der Waals surface area (Å²) >= 11 is 5.26. The number of alkyl halides is 1. The highest BCUT2D eigenvalue weighted by Crippen LogP contribution is 1.99. The molecule has 0 saturated carbocycles. The van der Waals surface area contributed by atoms with Crippen molar-refractivity contribution >= 4 is 17.8 Å². The highest BCUT2D eigenvalue weighted by Gasteiger charge is 1.99. The fraction of sp³-hybridized carbons (Fsp3) is 0.400. The second kappa shape index (κ2) is 4.21. The summed E-state index contributed by atoms with van der Waals surface area (Å²) in [6.07, 6.45) is 0.171. The molecule has 0 saturated heterocycles. The molecule has 0 spiro atoms. The molecule has 3 nitrogen and oxygen atoms in total. The van der Waals surface area contributed by atoms with Gasteiger partial charge in [0.05, 0.1) is 5.88 Å². The molecule has 0 aliphatic rings. The fourth-order valence-electron chi connectivity index (χ4n) is 0.276. The van der Waals surface area contributed by atoms with Crippen LogP contribution in [0, 0.1) is 0 Å². The summed E-state index contributed by atoms with van der Waals surface area (Å²) in [5.41, 5.74) is 0. The molecule has 0 aromatic rings. The van der Waals surface area contributed by atoms with E-state index in [0.29, 0.717) is 0 Å². The number of hydrogen-bond donors (Lipinski definition) is 1. The van der Waals surface area contributed by atoms with Crippen molar-refractivity contribution in [3.63, 3.8) is 0 Å². The minimum atomic E-state index is -1.33. The van der Waals surface area contributed by atoms with Gasteiger partial charge in [-0.3, -0.25) is 0 Å². The molecule has 0 atom stereocenters. The standard InChI is InChI=1S/C5H7ClO3/c1-2-4(3-6)9-5(7)8/h2H,3H2,1H3,(H,7,8). The largest absolute Gasteiger partial charge is 0.511 e. The molecule has 4 heteroatoms. The van der Waals surface area contributed by atoms with Gasteiger partial charge in [0.2, 0.25) is 0 Å². The topological polar surface area (TPSA) is 46.5 Å². The molecule has 0 radical (unpaired) electrons. The van der Waals surface area contributed by atoms with Gasteiger partial charge in [-0.05, 0) is 13.0 Å². The lowest BCUT2D eigenvalue weighted by Gasteiger charge is -1.97. The summed E-state index contributed by atoms with van der Waals surface area (Å²) < 4.78 is 4.19. The summed E-state index contributed by atoms with van der Waals surface area (Å²) in [6, 6.07) is 0. The summed E-state index contributed by atoms with van der Waals surface area (Å²) in [5, 5.41) is 8.02. The lowest BCUT2D eigenvalue weighted by atomic mass is 10.5. The maximum Gasteiger partial charge on any atom is 0.511 e. The molecule has 0 bridgehead atoms. The lowest BCUT2D eigenvalue weighted by Crippen LogP contribution is -2.00. The predicted octanol–water partition coefficient (Wildman–Crippen LogP) is 1.82. The zero-order chi connectivity index (χ0) is 7.28. The van der Waals surface area contributed by atoms with Crippen molar-refractivity contribution in [1.82, 2.24) is 0 Å². The van der Waals surface area contributed by atoms with E-state index in [-0.39, 0.29) is 11.6 Å². The summed E-state index contributed by atoms with van der Waals surface area (Å²) in [6.45, 7) is 1.65. The van der Waals surface area contributed by atoms with E-state index >= 15 is 0 Å². The Balaban J connectivity index is 3.71. The highest BCUT2D eigenvalue weighted by molar-refractivity contribution is 6.19. The van der Waals surface area contributed by atoms with Gasteiger partial charge >= 0.3 is 6.16 Å². The molecule has 0 rings (SSSR count). The maximum absolute atomic E-state index is 9.81. The zero-order valence-corrected chi connectivity index (χ0v) is 5.68. The first-order valence-corrected chi connectivity index (χ1v) is 2.86. The average Bonchev–Trinajstić information content (AvgIpc) is 1.82. The van der Waals surface area contributed by atoms with Crippen LogP contribution in [-0.2, 0) is 4.74 Å². The number of carbonyl (C=O) groups is 1. The molecule has 52 valence electrons. The molecule has 0 aliphatic carbocycles. The molecule has 0 aliphatic heterocycles. The van der Waals surface area contributed by atoms with Crippen molar-refractivity contribution in [2.75, 3.05) is 5.88 Å². The number of carboxylic acid groups (broad SMARTS) is 1. The minimum absolute atomic E-state index is 0.0861. The van der Waals surface area contributed by atoms with Gasteiger partial charge in [0.1, 0.15) is 5.76 Å². The van der Waals surface area contributed by atoms with Crippen LogP contribution in [-0.4, -0.2) is 17.1 Å². The molecule has 0 heterocycles. The molecule has 0 unspecified atom stereocenters. The Bertz CT molecular complexity index is 130. The Kier molecular flexibility index (Phi) is 3.88. The van der Waals surface area contributed by atoms with Gasteiger partial charge in [-0.2, -0.15) is 0 Å². The third-order valence-electron chi connectivity index (χ3n) is 0.672. The van der Waals surface area contributed by atoms with Crippen LogP contribution in [0.3, 0.4) is 0 Å². The van der Waals surface area contributed by atoms with Gasteiger partial charge in [0.15, 0.2) is 0 Å². The number of hydrogen-bond acceptors (Lipinski definition) is 2. The van der Waals surface area contributed by atoms with E-state index in [9.17, 15) is 4.79 Å². The first kappa shape index (κ1) is 8.30. The molecule has 0 aromatic heterocycles. The Hall–Kier alpha value is -0.700. The van der Waals surface area contributed by atoms with E-state index in [1.807, 2.05) is 0 Å². The van der Waals surface area contributed by atoms with Crippen molar-refractivity contribution < 1.29 is 14.6 Å². The minimum Gasteiger partial charge on any atom is -0.449 e. The van der Waals surface area contributed by atoms with Crippen LogP contribution in [0.2, 0.25) is 0 Å². The molecular weight excluding hydrogens is 144 g/mol. The Labute approximate surface area is 57.9 Å². The Morgan fingerprint density at radius 3 is 2.56 bits per heavy atom. The van der Waals surface area contributed by atoms with Gasteiger partial charge in [-0.25, -0.2) is 4.79 Å². The zero-order valence-electron chi connectivity index (χ0n) is 4.93. The quantitative estimate of drug-likeness (QED) is 0.371. The van der Waals surface area contributed by atoms with Gasteiger partial charge in [0.25, 0.3) is 0 Å². The lowest BCUT2D eigenvalue weighted by molar-refractivity contribution is 0.119. The molecule has 0 amide bonds. The van der Waals surface area contributed by atoms with Crippen molar-refractivity contribution in [2.24, 2.45) is 0 Å². The van der Waals surface area contributed by atoms with Gasteiger partial charge in [0, 0.05) is 0 Å². The van der Waals surface area contributed by atoms with E-state index in [1.54, 1.807) is 6.92 Å².